The van der Waals surface area contributed by atoms with Gasteiger partial charge in [-0.2, -0.15) is 0 Å². The largest absolute Gasteiger partial charge is 0.0950 e. The van der Waals surface area contributed by atoms with Crippen LogP contribution in [0, 0.1) is 5.92 Å². The number of hydrogen-bond acceptors (Lipinski definition) is 0. The number of rotatable bonds is 7. The average Bonchev–Trinajstić information content (AvgIpc) is 2.40. The van der Waals surface area contributed by atoms with Gasteiger partial charge in [0.05, 0.1) is 0 Å². The lowest BCUT2D eigenvalue weighted by atomic mass is 9.85. The monoisotopic (exact) mass is 242 g/mol. The van der Waals surface area contributed by atoms with Crippen molar-refractivity contribution in [3.63, 3.8) is 0 Å². The number of aryl methyl sites for hydroxylation is 1. The van der Waals surface area contributed by atoms with Crippen molar-refractivity contribution in [2.24, 2.45) is 5.92 Å². The van der Waals surface area contributed by atoms with Crippen LogP contribution in [-0.4, -0.2) is 0 Å². The minimum atomic E-state index is 0.562. The quantitative estimate of drug-likeness (QED) is 0.542. The first-order chi connectivity index (χ1) is 8.65. The predicted octanol–water partition coefficient (Wildman–Crippen LogP) is 5.64. The van der Waals surface area contributed by atoms with Crippen LogP contribution >= 0.6 is 0 Å². The van der Waals surface area contributed by atoms with Crippen LogP contribution in [0.25, 0.3) is 5.57 Å². The Morgan fingerprint density at radius 3 is 2.22 bits per heavy atom. The summed E-state index contributed by atoms with van der Waals surface area (Å²) in [7, 11) is 0. The molecule has 18 heavy (non-hydrogen) atoms. The van der Waals surface area contributed by atoms with E-state index in [9.17, 15) is 0 Å². The lowest BCUT2D eigenvalue weighted by Crippen LogP contribution is -2.04. The molecule has 0 radical (unpaired) electrons. The zero-order valence-electron chi connectivity index (χ0n) is 12.1. The molecule has 0 bridgehead atoms. The lowest BCUT2D eigenvalue weighted by Gasteiger charge is -2.20. The topological polar surface area (TPSA) is 0 Å². The van der Waals surface area contributed by atoms with Crippen molar-refractivity contribution in [3.05, 3.63) is 54.1 Å². The van der Waals surface area contributed by atoms with Crippen molar-refractivity contribution in [1.29, 1.82) is 0 Å². The highest BCUT2D eigenvalue weighted by Gasteiger charge is 2.14. The molecule has 0 heteroatoms. The molecule has 0 saturated carbocycles. The van der Waals surface area contributed by atoms with Gasteiger partial charge in [0.1, 0.15) is 0 Å². The maximum atomic E-state index is 4.29. The van der Waals surface area contributed by atoms with Crippen LogP contribution in [0.2, 0.25) is 0 Å². The predicted molar refractivity (Wildman–Crippen MR) is 82.7 cm³/mol. The number of allylic oxidation sites excluding steroid dienone is 2. The maximum absolute atomic E-state index is 4.29. The van der Waals surface area contributed by atoms with E-state index in [0.717, 1.165) is 24.8 Å². The fraction of sp³-hybridized carbons (Fsp3) is 0.444. The SMILES string of the molecule is C=C(C(=C)C(CC)CC)c1ccccc1CCC. The van der Waals surface area contributed by atoms with E-state index < -0.39 is 0 Å². The third kappa shape index (κ3) is 3.35. The van der Waals surface area contributed by atoms with Crippen LogP contribution in [0.15, 0.2) is 43.0 Å². The molecule has 1 aromatic carbocycles. The summed E-state index contributed by atoms with van der Waals surface area (Å²) in [5, 5.41) is 0. The Hall–Kier alpha value is -1.30. The molecule has 0 aliphatic carbocycles. The Morgan fingerprint density at radius 2 is 1.67 bits per heavy atom. The Labute approximate surface area is 112 Å². The average molecular weight is 242 g/mol. The summed E-state index contributed by atoms with van der Waals surface area (Å²) in [5.41, 5.74) is 5.03. The highest BCUT2D eigenvalue weighted by atomic mass is 14.2. The second kappa shape index (κ2) is 7.20. The van der Waals surface area contributed by atoms with Gasteiger partial charge in [-0.1, -0.05) is 64.6 Å². The second-order valence-corrected chi connectivity index (χ2v) is 4.92. The molecule has 0 spiro atoms. The first-order valence-corrected chi connectivity index (χ1v) is 7.11. The van der Waals surface area contributed by atoms with Crippen LogP contribution in [0.5, 0.6) is 0 Å². The zero-order chi connectivity index (χ0) is 13.5. The highest BCUT2D eigenvalue weighted by molar-refractivity contribution is 5.78. The van der Waals surface area contributed by atoms with Crippen molar-refractivity contribution in [3.8, 4) is 0 Å². The van der Waals surface area contributed by atoms with Gasteiger partial charge >= 0.3 is 0 Å². The van der Waals surface area contributed by atoms with Gasteiger partial charge in [-0.15, -0.1) is 0 Å². The van der Waals surface area contributed by atoms with Gasteiger partial charge in [-0.05, 0) is 47.5 Å². The first kappa shape index (κ1) is 14.8. The van der Waals surface area contributed by atoms with Gasteiger partial charge in [-0.25, -0.2) is 0 Å². The van der Waals surface area contributed by atoms with Crippen LogP contribution in [0.3, 0.4) is 0 Å². The minimum absolute atomic E-state index is 0.562. The van der Waals surface area contributed by atoms with Gasteiger partial charge < -0.3 is 0 Å². The summed E-state index contributed by atoms with van der Waals surface area (Å²) < 4.78 is 0. The molecule has 0 heterocycles. The minimum Gasteiger partial charge on any atom is -0.0950 e. The number of benzene rings is 1. The summed E-state index contributed by atoms with van der Waals surface area (Å²) in [6, 6.07) is 8.60. The lowest BCUT2D eigenvalue weighted by molar-refractivity contribution is 0.588. The normalized spacial score (nSPS) is 10.7. The molecule has 1 aromatic rings. The molecule has 98 valence electrons. The molecule has 0 unspecified atom stereocenters. The van der Waals surface area contributed by atoms with E-state index in [1.807, 2.05) is 0 Å². The summed E-state index contributed by atoms with van der Waals surface area (Å²) in [6.07, 6.45) is 4.57. The molecular formula is C18H26. The molecule has 0 aliphatic heterocycles. The van der Waals surface area contributed by atoms with Crippen LogP contribution in [-0.2, 0) is 6.42 Å². The van der Waals surface area contributed by atoms with Gasteiger partial charge in [0, 0.05) is 0 Å². The second-order valence-electron chi connectivity index (χ2n) is 4.92. The zero-order valence-corrected chi connectivity index (χ0v) is 12.1. The summed E-state index contributed by atoms with van der Waals surface area (Å²) in [5.74, 6) is 0.562. The summed E-state index contributed by atoms with van der Waals surface area (Å²) >= 11 is 0. The molecule has 0 fully saturated rings. The fourth-order valence-corrected chi connectivity index (χ4v) is 2.50. The molecular weight excluding hydrogens is 216 g/mol. The molecule has 0 aliphatic rings. The van der Waals surface area contributed by atoms with Crippen molar-refractivity contribution >= 4 is 5.57 Å². The first-order valence-electron chi connectivity index (χ1n) is 7.11. The van der Waals surface area contributed by atoms with Crippen LogP contribution in [0.4, 0.5) is 0 Å². The van der Waals surface area contributed by atoms with E-state index in [1.165, 1.54) is 23.1 Å². The van der Waals surface area contributed by atoms with E-state index >= 15 is 0 Å². The molecule has 0 aromatic heterocycles. The van der Waals surface area contributed by atoms with Gasteiger partial charge in [0.25, 0.3) is 0 Å². The van der Waals surface area contributed by atoms with Crippen LogP contribution in [0.1, 0.15) is 51.2 Å². The summed E-state index contributed by atoms with van der Waals surface area (Å²) in [6.45, 7) is 15.2. The van der Waals surface area contributed by atoms with E-state index in [1.54, 1.807) is 0 Å². The van der Waals surface area contributed by atoms with Crippen molar-refractivity contribution in [2.75, 3.05) is 0 Å². The molecule has 0 amide bonds. The molecule has 0 saturated heterocycles. The summed E-state index contributed by atoms with van der Waals surface area (Å²) in [4.78, 5) is 0. The Kier molecular flexibility index (Phi) is 5.91. The highest BCUT2D eigenvalue weighted by Crippen LogP contribution is 2.31. The van der Waals surface area contributed by atoms with Crippen molar-refractivity contribution in [1.82, 2.24) is 0 Å². The van der Waals surface area contributed by atoms with Gasteiger partial charge in [0.15, 0.2) is 0 Å². The third-order valence-corrected chi connectivity index (χ3v) is 3.73. The van der Waals surface area contributed by atoms with E-state index in [2.05, 4.69) is 58.2 Å². The third-order valence-electron chi connectivity index (χ3n) is 3.73. The Bertz CT molecular complexity index is 408. The van der Waals surface area contributed by atoms with Gasteiger partial charge in [-0.3, -0.25) is 0 Å². The molecule has 1 rings (SSSR count). The number of hydrogen-bond donors (Lipinski definition) is 0. The smallest absolute Gasteiger partial charge is 0.0155 e. The maximum Gasteiger partial charge on any atom is -0.0155 e. The van der Waals surface area contributed by atoms with Crippen molar-refractivity contribution < 1.29 is 0 Å². The van der Waals surface area contributed by atoms with E-state index in [4.69, 9.17) is 0 Å². The molecule has 0 nitrogen and oxygen atoms in total. The van der Waals surface area contributed by atoms with Crippen molar-refractivity contribution in [2.45, 2.75) is 46.5 Å². The molecule has 0 atom stereocenters. The Balaban J connectivity index is 2.99. The standard InChI is InChI=1S/C18H26/c1-6-11-17-12-9-10-13-18(17)15(5)14(4)16(7-2)8-3/h9-10,12-13,16H,4-8,11H2,1-3H3. The van der Waals surface area contributed by atoms with Gasteiger partial charge in [0.2, 0.25) is 0 Å². The van der Waals surface area contributed by atoms with E-state index in [0.29, 0.717) is 5.92 Å². The van der Waals surface area contributed by atoms with Crippen LogP contribution < -0.4 is 0 Å². The van der Waals surface area contributed by atoms with E-state index in [-0.39, 0.29) is 0 Å². The Morgan fingerprint density at radius 1 is 1.06 bits per heavy atom. The fourth-order valence-electron chi connectivity index (χ4n) is 2.50. The molecule has 0 N–H and O–H groups in total.